The number of aromatic nitrogens is 1. The van der Waals surface area contributed by atoms with Crippen molar-refractivity contribution in [1.82, 2.24) is 20.5 Å². The molecule has 8 nitrogen and oxygen atoms in total. The Hall–Kier alpha value is -3.65. The van der Waals surface area contributed by atoms with Crippen molar-refractivity contribution in [2.24, 2.45) is 5.41 Å². The number of carbonyl (C=O) groups is 3. The Kier molecular flexibility index (Phi) is 8.45. The van der Waals surface area contributed by atoms with Gasteiger partial charge >= 0.3 is 5.97 Å². The fourth-order valence-electron chi connectivity index (χ4n) is 5.28. The molecule has 1 aliphatic rings. The van der Waals surface area contributed by atoms with Gasteiger partial charge in [-0.2, -0.15) is 0 Å². The highest BCUT2D eigenvalue weighted by Crippen LogP contribution is 2.41. The van der Waals surface area contributed by atoms with Crippen LogP contribution in [-0.2, 0) is 38.4 Å². The number of carbonyl (C=O) groups excluding carboxylic acids is 3. The molecule has 0 saturated heterocycles. The van der Waals surface area contributed by atoms with Crippen LogP contribution < -0.4 is 10.6 Å². The van der Waals surface area contributed by atoms with E-state index in [4.69, 9.17) is 4.74 Å². The fraction of sp³-hybridized carbons (Fsp3) is 0.452. The minimum absolute atomic E-state index is 0.0627. The minimum Gasteiger partial charge on any atom is -0.460 e. The first kappa shape index (κ1) is 28.4. The van der Waals surface area contributed by atoms with Crippen molar-refractivity contribution in [1.29, 1.82) is 0 Å². The van der Waals surface area contributed by atoms with E-state index in [1.807, 2.05) is 94.5 Å². The van der Waals surface area contributed by atoms with Crippen LogP contribution in [0.3, 0.4) is 0 Å². The summed E-state index contributed by atoms with van der Waals surface area (Å²) in [4.78, 5) is 45.8. The molecule has 208 valence electrons. The molecular weight excluding hydrogens is 492 g/mol. The van der Waals surface area contributed by atoms with Crippen LogP contribution in [0.5, 0.6) is 0 Å². The molecule has 0 spiro atoms. The number of likely N-dealkylation sites (N-methyl/N-ethyl adjacent to an activating group) is 1. The smallest absolute Gasteiger partial charge is 0.307 e. The standard InChI is InChI=1S/C31H40N4O4/c1-30(2,3)39-27(36)19-31(17-21-10-6-7-11-22(21)18-31)29(38)34-26(28(37)32-14-15-35(4)5)16-23-20-33-25-13-9-8-12-24(23)25/h6-13,20,26,33H,14-19H2,1-5H3,(H,32,37)(H,34,38)/t26-/m0/s1. The number of amides is 2. The summed E-state index contributed by atoms with van der Waals surface area (Å²) in [6.45, 7) is 6.58. The molecule has 1 heterocycles. The fourth-order valence-corrected chi connectivity index (χ4v) is 5.28. The zero-order chi connectivity index (χ0) is 28.2. The number of para-hydroxylation sites is 1. The molecule has 8 heteroatoms. The van der Waals surface area contributed by atoms with Crippen molar-refractivity contribution < 1.29 is 19.1 Å². The molecule has 3 aromatic rings. The summed E-state index contributed by atoms with van der Waals surface area (Å²) in [5.41, 5.74) is 2.30. The van der Waals surface area contributed by atoms with E-state index in [1.54, 1.807) is 0 Å². The molecule has 1 aliphatic carbocycles. The average Bonchev–Trinajstić information content (AvgIpc) is 3.43. The second kappa shape index (κ2) is 11.6. The number of hydrogen-bond donors (Lipinski definition) is 3. The Morgan fingerprint density at radius 3 is 2.31 bits per heavy atom. The Labute approximate surface area is 230 Å². The van der Waals surface area contributed by atoms with Crippen LogP contribution >= 0.6 is 0 Å². The molecule has 39 heavy (non-hydrogen) atoms. The number of fused-ring (bicyclic) bond motifs is 2. The summed E-state index contributed by atoms with van der Waals surface area (Å²) in [5.74, 6) is -0.982. The van der Waals surface area contributed by atoms with Gasteiger partial charge < -0.3 is 25.3 Å². The lowest BCUT2D eigenvalue weighted by atomic mass is 9.79. The normalized spacial score (nSPS) is 15.1. The van der Waals surface area contributed by atoms with E-state index in [0.717, 1.165) is 27.6 Å². The summed E-state index contributed by atoms with van der Waals surface area (Å²) in [6, 6.07) is 15.0. The predicted molar refractivity (Wildman–Crippen MR) is 152 cm³/mol. The molecule has 3 N–H and O–H groups in total. The number of rotatable bonds is 10. The molecule has 0 bridgehead atoms. The Morgan fingerprint density at radius 1 is 1.03 bits per heavy atom. The highest BCUT2D eigenvalue weighted by atomic mass is 16.6. The number of nitrogens with one attached hydrogen (secondary N) is 3. The van der Waals surface area contributed by atoms with Gasteiger partial charge in [-0.25, -0.2) is 0 Å². The molecule has 0 unspecified atom stereocenters. The van der Waals surface area contributed by atoms with Crippen molar-refractivity contribution in [3.05, 3.63) is 71.4 Å². The molecule has 2 amide bonds. The number of aromatic amines is 1. The number of hydrogen-bond acceptors (Lipinski definition) is 5. The van der Waals surface area contributed by atoms with Gasteiger partial charge in [0, 0.05) is 36.6 Å². The summed E-state index contributed by atoms with van der Waals surface area (Å²) in [7, 11) is 3.88. The molecular formula is C31H40N4O4. The second-order valence-corrected chi connectivity index (χ2v) is 11.8. The lowest BCUT2D eigenvalue weighted by molar-refractivity contribution is -0.160. The van der Waals surface area contributed by atoms with Crippen molar-refractivity contribution in [3.63, 3.8) is 0 Å². The van der Waals surface area contributed by atoms with Gasteiger partial charge in [-0.05, 0) is 70.5 Å². The predicted octanol–water partition coefficient (Wildman–Crippen LogP) is 3.39. The maximum absolute atomic E-state index is 14.1. The quantitative estimate of drug-likeness (QED) is 0.348. The minimum atomic E-state index is -1.03. The molecule has 0 saturated carbocycles. The Morgan fingerprint density at radius 2 is 1.67 bits per heavy atom. The van der Waals surface area contributed by atoms with Crippen molar-refractivity contribution >= 4 is 28.7 Å². The van der Waals surface area contributed by atoms with Crippen LogP contribution in [0.2, 0.25) is 0 Å². The van der Waals surface area contributed by atoms with Gasteiger partial charge in [0.1, 0.15) is 11.6 Å². The van der Waals surface area contributed by atoms with Gasteiger partial charge in [0.25, 0.3) is 0 Å². The molecule has 1 aromatic heterocycles. The number of ether oxygens (including phenoxy) is 1. The van der Waals surface area contributed by atoms with Gasteiger partial charge in [0.15, 0.2) is 0 Å². The first-order chi connectivity index (χ1) is 18.5. The largest absolute Gasteiger partial charge is 0.460 e. The van der Waals surface area contributed by atoms with E-state index >= 15 is 0 Å². The first-order valence-corrected chi connectivity index (χ1v) is 13.5. The molecule has 2 aromatic carbocycles. The van der Waals surface area contributed by atoms with Crippen LogP contribution in [0.15, 0.2) is 54.7 Å². The van der Waals surface area contributed by atoms with E-state index in [0.29, 0.717) is 32.4 Å². The second-order valence-electron chi connectivity index (χ2n) is 11.8. The molecule has 4 rings (SSSR count). The third-order valence-corrected chi connectivity index (χ3v) is 7.14. The van der Waals surface area contributed by atoms with Crippen molar-refractivity contribution in [2.45, 2.75) is 58.1 Å². The third kappa shape index (κ3) is 7.06. The number of nitrogens with zero attached hydrogens (tertiary/aromatic N) is 1. The first-order valence-electron chi connectivity index (χ1n) is 13.5. The van der Waals surface area contributed by atoms with E-state index in [1.165, 1.54) is 0 Å². The summed E-state index contributed by atoms with van der Waals surface area (Å²) in [5, 5.41) is 7.04. The van der Waals surface area contributed by atoms with E-state index in [2.05, 4.69) is 15.6 Å². The monoisotopic (exact) mass is 532 g/mol. The summed E-state index contributed by atoms with van der Waals surface area (Å²) >= 11 is 0. The van der Waals surface area contributed by atoms with Crippen LogP contribution in [0.25, 0.3) is 10.9 Å². The molecule has 1 atom stereocenters. The number of benzene rings is 2. The topological polar surface area (TPSA) is 104 Å². The van der Waals surface area contributed by atoms with Gasteiger partial charge in [-0.1, -0.05) is 42.5 Å². The highest BCUT2D eigenvalue weighted by Gasteiger charge is 2.47. The van der Waals surface area contributed by atoms with Gasteiger partial charge in [-0.15, -0.1) is 0 Å². The lowest BCUT2D eigenvalue weighted by Gasteiger charge is -2.31. The third-order valence-electron chi connectivity index (χ3n) is 7.14. The van der Waals surface area contributed by atoms with Gasteiger partial charge in [0.2, 0.25) is 11.8 Å². The van der Waals surface area contributed by atoms with Crippen LogP contribution in [-0.4, -0.2) is 66.5 Å². The lowest BCUT2D eigenvalue weighted by Crippen LogP contribution is -2.54. The molecule has 0 aliphatic heterocycles. The highest BCUT2D eigenvalue weighted by molar-refractivity contribution is 5.94. The zero-order valence-electron chi connectivity index (χ0n) is 23.6. The van der Waals surface area contributed by atoms with E-state index in [-0.39, 0.29) is 18.2 Å². The van der Waals surface area contributed by atoms with Crippen molar-refractivity contribution in [3.8, 4) is 0 Å². The van der Waals surface area contributed by atoms with E-state index in [9.17, 15) is 14.4 Å². The number of H-pyrrole nitrogens is 1. The Balaban J connectivity index is 1.60. The summed E-state index contributed by atoms with van der Waals surface area (Å²) < 4.78 is 5.63. The van der Waals surface area contributed by atoms with Crippen molar-refractivity contribution in [2.75, 3.05) is 27.2 Å². The SMILES string of the molecule is CN(C)CCNC(=O)[C@H](Cc1c[nH]c2ccccc12)NC(=O)C1(CC(=O)OC(C)(C)C)Cc2ccccc2C1. The molecule has 0 fully saturated rings. The van der Waals surface area contributed by atoms with Crippen LogP contribution in [0.4, 0.5) is 0 Å². The zero-order valence-corrected chi connectivity index (χ0v) is 23.6. The van der Waals surface area contributed by atoms with Crippen LogP contribution in [0.1, 0.15) is 43.9 Å². The van der Waals surface area contributed by atoms with Gasteiger partial charge in [-0.3, -0.25) is 14.4 Å². The average molecular weight is 533 g/mol. The van der Waals surface area contributed by atoms with E-state index < -0.39 is 23.0 Å². The molecule has 0 radical (unpaired) electrons. The van der Waals surface area contributed by atoms with Crippen LogP contribution in [0, 0.1) is 5.41 Å². The number of esters is 1. The van der Waals surface area contributed by atoms with Gasteiger partial charge in [0.05, 0.1) is 11.8 Å². The Bertz CT molecular complexity index is 1310. The summed E-state index contributed by atoms with van der Waals surface area (Å²) in [6.07, 6.45) is 2.97. The maximum Gasteiger partial charge on any atom is 0.307 e. The maximum atomic E-state index is 14.1.